The second-order valence-corrected chi connectivity index (χ2v) is 8.33. The molecule has 158 valence electrons. The highest BCUT2D eigenvalue weighted by molar-refractivity contribution is 6.30. The summed E-state index contributed by atoms with van der Waals surface area (Å²) in [5.41, 5.74) is -3.05. The summed E-state index contributed by atoms with van der Waals surface area (Å²) in [4.78, 5) is 0. The van der Waals surface area contributed by atoms with E-state index < -0.39 is 34.5 Å². The van der Waals surface area contributed by atoms with Gasteiger partial charge in [-0.2, -0.15) is 15.8 Å². The van der Waals surface area contributed by atoms with Crippen molar-refractivity contribution in [3.05, 3.63) is 58.6 Å². The summed E-state index contributed by atoms with van der Waals surface area (Å²) in [7, 11) is 0. The van der Waals surface area contributed by atoms with E-state index in [0.717, 1.165) is 0 Å². The van der Waals surface area contributed by atoms with Crippen LogP contribution in [0, 0.1) is 56.2 Å². The number of hydrogen-bond donors (Lipinski definition) is 1. The lowest BCUT2D eigenvalue weighted by Crippen LogP contribution is -2.57. The van der Waals surface area contributed by atoms with Gasteiger partial charge in [0.15, 0.2) is 16.9 Å². The summed E-state index contributed by atoms with van der Waals surface area (Å²) in [6.07, 6.45) is -1.23. The highest BCUT2D eigenvalue weighted by Crippen LogP contribution is 2.69. The third-order valence-corrected chi connectivity index (χ3v) is 6.83. The Morgan fingerprint density at radius 3 is 2.47 bits per heavy atom. The van der Waals surface area contributed by atoms with Gasteiger partial charge in [-0.25, -0.2) is 0 Å². The van der Waals surface area contributed by atoms with Crippen molar-refractivity contribution in [3.63, 3.8) is 0 Å². The molecule has 0 aliphatic carbocycles. The van der Waals surface area contributed by atoms with Crippen LogP contribution < -0.4 is 9.47 Å². The number of fused-ring (bicyclic) bond motifs is 3. The van der Waals surface area contributed by atoms with Gasteiger partial charge in [-0.15, -0.1) is 0 Å². The highest BCUT2D eigenvalue weighted by Gasteiger charge is 2.79. The molecule has 0 saturated carbocycles. The lowest BCUT2D eigenvalue weighted by molar-refractivity contribution is -0.288. The van der Waals surface area contributed by atoms with Crippen molar-refractivity contribution in [2.45, 2.75) is 18.8 Å². The monoisotopic (exact) mass is 446 g/mol. The van der Waals surface area contributed by atoms with Crippen molar-refractivity contribution in [1.29, 1.82) is 21.2 Å². The second-order valence-electron chi connectivity index (χ2n) is 7.89. The van der Waals surface area contributed by atoms with Gasteiger partial charge < -0.3 is 18.9 Å². The fourth-order valence-electron chi connectivity index (χ4n) is 4.95. The van der Waals surface area contributed by atoms with Crippen LogP contribution in [0.1, 0.15) is 24.2 Å². The molecule has 0 aromatic heterocycles. The first-order chi connectivity index (χ1) is 15.4. The molecule has 2 aromatic carbocycles. The fourth-order valence-corrected chi connectivity index (χ4v) is 5.14. The molecule has 2 bridgehead atoms. The molecule has 2 saturated heterocycles. The van der Waals surface area contributed by atoms with E-state index >= 15 is 0 Å². The lowest BCUT2D eigenvalue weighted by atomic mass is 9.53. The number of halogens is 1. The van der Waals surface area contributed by atoms with Crippen LogP contribution in [0.2, 0.25) is 5.02 Å². The number of nitrogens with one attached hydrogen (secondary N) is 1. The molecule has 4 atom stereocenters. The third-order valence-electron chi connectivity index (χ3n) is 6.60. The standard InChI is InChI=1S/C23H15ClN4O4/c1-13-22(11-27)20(28)32-23(13,15-3-2-4-16(24)8-15)31-19(21(22,9-25)10-26)14-5-6-17-18(7-14)30-12-29-17/h2-8,13,19,28H,12H2,1H3. The van der Waals surface area contributed by atoms with Gasteiger partial charge in [0.1, 0.15) is 6.10 Å². The van der Waals surface area contributed by atoms with Crippen LogP contribution in [-0.4, -0.2) is 12.7 Å². The highest BCUT2D eigenvalue weighted by atomic mass is 35.5. The number of nitriles is 3. The van der Waals surface area contributed by atoms with Gasteiger partial charge in [0.05, 0.1) is 24.1 Å². The number of nitrogens with zero attached hydrogens (tertiary/aromatic N) is 3. The van der Waals surface area contributed by atoms with Gasteiger partial charge in [0, 0.05) is 10.6 Å². The Morgan fingerprint density at radius 2 is 1.78 bits per heavy atom. The zero-order valence-corrected chi connectivity index (χ0v) is 17.5. The molecule has 0 spiro atoms. The summed E-state index contributed by atoms with van der Waals surface area (Å²) in [5.74, 6) is -2.00. The van der Waals surface area contributed by atoms with E-state index in [1.165, 1.54) is 0 Å². The number of hydrogen-bond acceptors (Lipinski definition) is 8. The molecule has 5 rings (SSSR count). The minimum atomic E-state index is -2.06. The smallest absolute Gasteiger partial charge is 0.244 e. The number of rotatable bonds is 2. The van der Waals surface area contributed by atoms with Crippen LogP contribution in [0.5, 0.6) is 11.5 Å². The zero-order valence-electron chi connectivity index (χ0n) is 16.8. The Bertz CT molecular complexity index is 1280. The third kappa shape index (κ3) is 2.19. The van der Waals surface area contributed by atoms with Gasteiger partial charge >= 0.3 is 0 Å². The van der Waals surface area contributed by atoms with E-state index in [2.05, 4.69) is 6.07 Å². The molecule has 2 fully saturated rings. The quantitative estimate of drug-likeness (QED) is 0.731. The Kier molecular flexibility index (Phi) is 4.16. The molecule has 4 unspecified atom stereocenters. The van der Waals surface area contributed by atoms with Gasteiger partial charge in [0.25, 0.3) is 0 Å². The first-order valence-electron chi connectivity index (χ1n) is 9.73. The van der Waals surface area contributed by atoms with E-state index in [9.17, 15) is 15.8 Å². The van der Waals surface area contributed by atoms with Crippen molar-refractivity contribution < 1.29 is 18.9 Å². The Morgan fingerprint density at radius 1 is 1.03 bits per heavy atom. The van der Waals surface area contributed by atoms with Crippen LogP contribution >= 0.6 is 11.6 Å². The van der Waals surface area contributed by atoms with E-state index in [1.54, 1.807) is 49.4 Å². The molecule has 2 aromatic rings. The Labute approximate surface area is 188 Å². The molecular weight excluding hydrogens is 432 g/mol. The van der Waals surface area contributed by atoms with Crippen molar-refractivity contribution >= 4 is 17.5 Å². The maximum atomic E-state index is 10.3. The molecular formula is C23H15ClN4O4. The minimum absolute atomic E-state index is 0.0470. The van der Waals surface area contributed by atoms with E-state index in [1.807, 2.05) is 12.1 Å². The van der Waals surface area contributed by atoms with E-state index in [4.69, 9.17) is 36.0 Å². The SMILES string of the molecule is CC1C2(c3cccc(Cl)c3)OC(=N)C1(C#N)C(C#N)(C#N)C(c1ccc3c(c1)OCO3)O2. The van der Waals surface area contributed by atoms with E-state index in [-0.39, 0.29) is 6.79 Å². The average molecular weight is 447 g/mol. The summed E-state index contributed by atoms with van der Waals surface area (Å²) < 4.78 is 23.2. The second kappa shape index (κ2) is 6.61. The van der Waals surface area contributed by atoms with Gasteiger partial charge in [-0.3, -0.25) is 5.41 Å². The molecule has 0 amide bonds. The molecule has 1 N–H and O–H groups in total. The maximum absolute atomic E-state index is 10.3. The van der Waals surface area contributed by atoms with Gasteiger partial charge in [-0.05, 0) is 29.8 Å². The first-order valence-corrected chi connectivity index (χ1v) is 10.1. The largest absolute Gasteiger partial charge is 0.454 e. The predicted molar refractivity (Wildman–Crippen MR) is 109 cm³/mol. The van der Waals surface area contributed by atoms with Gasteiger partial charge in [-0.1, -0.05) is 36.7 Å². The molecule has 3 aliphatic heterocycles. The molecule has 32 heavy (non-hydrogen) atoms. The molecule has 0 radical (unpaired) electrons. The maximum Gasteiger partial charge on any atom is 0.244 e. The van der Waals surface area contributed by atoms with Crippen LogP contribution in [0.25, 0.3) is 0 Å². The summed E-state index contributed by atoms with van der Waals surface area (Å²) >= 11 is 6.21. The molecule has 9 heteroatoms. The Hall–Kier alpha value is -3.77. The summed E-state index contributed by atoms with van der Waals surface area (Å²) in [5, 5.41) is 39.9. The lowest BCUT2D eigenvalue weighted by Gasteiger charge is -2.48. The van der Waals surface area contributed by atoms with Crippen LogP contribution in [0.3, 0.4) is 0 Å². The Balaban J connectivity index is 1.79. The van der Waals surface area contributed by atoms with Crippen molar-refractivity contribution in [2.24, 2.45) is 16.7 Å². The van der Waals surface area contributed by atoms with Crippen LogP contribution in [-0.2, 0) is 15.3 Å². The zero-order chi connectivity index (χ0) is 22.7. The predicted octanol–water partition coefficient (Wildman–Crippen LogP) is 4.18. The molecule has 3 heterocycles. The number of ether oxygens (including phenoxy) is 4. The van der Waals surface area contributed by atoms with Crippen molar-refractivity contribution in [2.75, 3.05) is 6.79 Å². The van der Waals surface area contributed by atoms with Crippen LogP contribution in [0.4, 0.5) is 0 Å². The number of benzene rings is 2. The summed E-state index contributed by atoms with van der Waals surface area (Å²) in [6.45, 7) is 1.69. The van der Waals surface area contributed by atoms with Crippen molar-refractivity contribution in [1.82, 2.24) is 0 Å². The molecule has 3 aliphatic rings. The van der Waals surface area contributed by atoms with Crippen molar-refractivity contribution in [3.8, 4) is 29.7 Å². The van der Waals surface area contributed by atoms with Crippen LogP contribution in [0.15, 0.2) is 42.5 Å². The fraction of sp³-hybridized carbons (Fsp3) is 0.304. The normalized spacial score (nSPS) is 31.2. The van der Waals surface area contributed by atoms with E-state index in [0.29, 0.717) is 27.6 Å². The van der Waals surface area contributed by atoms with Gasteiger partial charge in [0.2, 0.25) is 23.9 Å². The topological polar surface area (TPSA) is 132 Å². The minimum Gasteiger partial charge on any atom is -0.454 e. The summed E-state index contributed by atoms with van der Waals surface area (Å²) in [6, 6.07) is 17.8. The first kappa shape index (κ1) is 20.2. The molecule has 8 nitrogen and oxygen atoms in total. The average Bonchev–Trinajstić information content (AvgIpc) is 3.33.